The van der Waals surface area contributed by atoms with Gasteiger partial charge in [0.2, 0.25) is 0 Å². The average Bonchev–Trinajstić information content (AvgIpc) is 2.71. The summed E-state index contributed by atoms with van der Waals surface area (Å²) in [5.74, 6) is -0.232. The molecule has 1 aromatic heterocycles. The molecule has 1 aliphatic rings. The van der Waals surface area contributed by atoms with Gasteiger partial charge in [-0.05, 0) is 18.1 Å². The smallest absolute Gasteiger partial charge is 0.348 e. The van der Waals surface area contributed by atoms with Gasteiger partial charge in [-0.3, -0.25) is 4.90 Å². The van der Waals surface area contributed by atoms with Crippen LogP contribution in [0.1, 0.15) is 20.1 Å². The second-order valence-corrected chi connectivity index (χ2v) is 5.00. The van der Waals surface area contributed by atoms with Crippen molar-refractivity contribution in [3.8, 4) is 0 Å². The van der Waals surface area contributed by atoms with Gasteiger partial charge in [-0.1, -0.05) is 0 Å². The van der Waals surface area contributed by atoms with E-state index in [-0.39, 0.29) is 5.97 Å². The summed E-state index contributed by atoms with van der Waals surface area (Å²) in [6.07, 6.45) is 1.00. The van der Waals surface area contributed by atoms with Crippen LogP contribution in [-0.2, 0) is 17.7 Å². The standard InChI is InChI=1S/C11H16N2O2S/c1-15-11(14)9-6-8-2-4-13(5-3-12)7-10(8)16-9/h6H,2-5,7,12H2,1H3. The Morgan fingerprint density at radius 2 is 2.50 bits per heavy atom. The van der Waals surface area contributed by atoms with Crippen molar-refractivity contribution in [3.05, 3.63) is 21.4 Å². The van der Waals surface area contributed by atoms with Gasteiger partial charge in [0.1, 0.15) is 4.88 Å². The monoisotopic (exact) mass is 240 g/mol. The maximum Gasteiger partial charge on any atom is 0.348 e. The van der Waals surface area contributed by atoms with Gasteiger partial charge in [-0.2, -0.15) is 0 Å². The molecule has 0 amide bonds. The van der Waals surface area contributed by atoms with Crippen LogP contribution in [0.15, 0.2) is 6.07 Å². The van der Waals surface area contributed by atoms with Gasteiger partial charge in [0.15, 0.2) is 0 Å². The molecule has 0 unspecified atom stereocenters. The first-order chi connectivity index (χ1) is 7.74. The molecule has 0 aliphatic carbocycles. The molecule has 5 heteroatoms. The number of fused-ring (bicyclic) bond motifs is 1. The summed E-state index contributed by atoms with van der Waals surface area (Å²) >= 11 is 1.54. The van der Waals surface area contributed by atoms with Crippen LogP contribution >= 0.6 is 11.3 Å². The zero-order chi connectivity index (χ0) is 11.5. The lowest BCUT2D eigenvalue weighted by Crippen LogP contribution is -2.33. The normalized spacial score (nSPS) is 15.9. The number of methoxy groups -OCH3 is 1. The Labute approximate surface area is 99.0 Å². The topological polar surface area (TPSA) is 55.6 Å². The molecule has 1 aromatic rings. The first kappa shape index (κ1) is 11.6. The number of nitrogens with zero attached hydrogens (tertiary/aromatic N) is 1. The Kier molecular flexibility index (Phi) is 3.58. The highest BCUT2D eigenvalue weighted by Gasteiger charge is 2.21. The van der Waals surface area contributed by atoms with Gasteiger partial charge in [0.25, 0.3) is 0 Å². The molecule has 2 heterocycles. The fraction of sp³-hybridized carbons (Fsp3) is 0.545. The summed E-state index contributed by atoms with van der Waals surface area (Å²) in [5.41, 5.74) is 6.83. The lowest BCUT2D eigenvalue weighted by molar-refractivity contribution is 0.0606. The number of esters is 1. The minimum absolute atomic E-state index is 0.232. The Morgan fingerprint density at radius 3 is 3.19 bits per heavy atom. The Morgan fingerprint density at radius 1 is 1.69 bits per heavy atom. The number of hydrogen-bond acceptors (Lipinski definition) is 5. The van der Waals surface area contributed by atoms with Crippen molar-refractivity contribution >= 4 is 17.3 Å². The highest BCUT2D eigenvalue weighted by atomic mass is 32.1. The lowest BCUT2D eigenvalue weighted by Gasteiger charge is -2.25. The zero-order valence-electron chi connectivity index (χ0n) is 9.36. The van der Waals surface area contributed by atoms with E-state index in [2.05, 4.69) is 4.90 Å². The molecule has 0 radical (unpaired) electrons. The number of ether oxygens (including phenoxy) is 1. The maximum absolute atomic E-state index is 11.4. The van der Waals surface area contributed by atoms with Crippen LogP contribution in [0, 0.1) is 0 Å². The summed E-state index contributed by atoms with van der Waals surface area (Å²) in [4.78, 5) is 15.7. The van der Waals surface area contributed by atoms with Gasteiger partial charge >= 0.3 is 5.97 Å². The van der Waals surface area contributed by atoms with E-state index in [0.717, 1.165) is 26.1 Å². The van der Waals surface area contributed by atoms with Crippen LogP contribution in [0.4, 0.5) is 0 Å². The van der Waals surface area contributed by atoms with Crippen molar-refractivity contribution in [1.29, 1.82) is 0 Å². The highest BCUT2D eigenvalue weighted by Crippen LogP contribution is 2.28. The summed E-state index contributed by atoms with van der Waals surface area (Å²) in [7, 11) is 1.42. The molecule has 0 saturated heterocycles. The van der Waals surface area contributed by atoms with Gasteiger partial charge in [0, 0.05) is 31.1 Å². The molecular formula is C11H16N2O2S. The number of carbonyl (C=O) groups excluding carboxylic acids is 1. The van der Waals surface area contributed by atoms with Gasteiger partial charge in [0.05, 0.1) is 7.11 Å². The molecule has 4 nitrogen and oxygen atoms in total. The molecule has 0 bridgehead atoms. The van der Waals surface area contributed by atoms with Crippen LogP contribution in [0.25, 0.3) is 0 Å². The second-order valence-electron chi connectivity index (χ2n) is 3.87. The van der Waals surface area contributed by atoms with Crippen molar-refractivity contribution in [2.75, 3.05) is 26.7 Å². The summed E-state index contributed by atoms with van der Waals surface area (Å²) in [6, 6.07) is 1.96. The highest BCUT2D eigenvalue weighted by molar-refractivity contribution is 7.14. The van der Waals surface area contributed by atoms with Gasteiger partial charge in [-0.25, -0.2) is 4.79 Å². The van der Waals surface area contributed by atoms with Crippen molar-refractivity contribution < 1.29 is 9.53 Å². The lowest BCUT2D eigenvalue weighted by atomic mass is 10.1. The minimum atomic E-state index is -0.232. The second kappa shape index (κ2) is 4.95. The van der Waals surface area contributed by atoms with E-state index in [0.29, 0.717) is 11.4 Å². The molecule has 1 aliphatic heterocycles. The Hall–Kier alpha value is -0.910. The molecule has 0 aromatic carbocycles. The third-order valence-electron chi connectivity index (χ3n) is 2.79. The third-order valence-corrected chi connectivity index (χ3v) is 3.94. The number of carbonyl (C=O) groups is 1. The van der Waals surface area contributed by atoms with Gasteiger partial charge in [-0.15, -0.1) is 11.3 Å². The number of rotatable bonds is 3. The number of nitrogens with two attached hydrogens (primary N) is 1. The predicted octanol–water partition coefficient (Wildman–Crippen LogP) is 0.852. The first-order valence-electron chi connectivity index (χ1n) is 5.37. The fourth-order valence-corrected chi connectivity index (χ4v) is 3.12. The van der Waals surface area contributed by atoms with Crippen LogP contribution in [-0.4, -0.2) is 37.6 Å². The van der Waals surface area contributed by atoms with Crippen LogP contribution < -0.4 is 5.73 Å². The van der Waals surface area contributed by atoms with Crippen molar-refractivity contribution in [2.24, 2.45) is 5.73 Å². The molecule has 88 valence electrons. The van der Waals surface area contributed by atoms with Crippen LogP contribution in [0.2, 0.25) is 0 Å². The zero-order valence-corrected chi connectivity index (χ0v) is 10.2. The van der Waals surface area contributed by atoms with E-state index < -0.39 is 0 Å². The largest absolute Gasteiger partial charge is 0.465 e. The molecule has 0 spiro atoms. The van der Waals surface area contributed by atoms with E-state index in [1.54, 1.807) is 11.3 Å². The van der Waals surface area contributed by atoms with Crippen LogP contribution in [0.3, 0.4) is 0 Å². The molecule has 0 fully saturated rings. The Balaban J connectivity index is 2.13. The van der Waals surface area contributed by atoms with E-state index in [1.807, 2.05) is 6.07 Å². The van der Waals surface area contributed by atoms with E-state index in [1.165, 1.54) is 17.6 Å². The number of thiophene rings is 1. The van der Waals surface area contributed by atoms with Crippen molar-refractivity contribution in [1.82, 2.24) is 4.90 Å². The van der Waals surface area contributed by atoms with E-state index in [9.17, 15) is 4.79 Å². The van der Waals surface area contributed by atoms with Crippen LogP contribution in [0.5, 0.6) is 0 Å². The maximum atomic E-state index is 11.4. The minimum Gasteiger partial charge on any atom is -0.465 e. The fourth-order valence-electron chi connectivity index (χ4n) is 1.95. The average molecular weight is 240 g/mol. The van der Waals surface area contributed by atoms with E-state index in [4.69, 9.17) is 10.5 Å². The summed E-state index contributed by atoms with van der Waals surface area (Å²) in [6.45, 7) is 3.55. The van der Waals surface area contributed by atoms with E-state index >= 15 is 0 Å². The Bertz CT molecular complexity index is 389. The summed E-state index contributed by atoms with van der Waals surface area (Å²) in [5, 5.41) is 0. The molecule has 2 N–H and O–H groups in total. The predicted molar refractivity (Wildman–Crippen MR) is 63.7 cm³/mol. The number of hydrogen-bond donors (Lipinski definition) is 1. The molecule has 2 rings (SSSR count). The molecular weight excluding hydrogens is 224 g/mol. The summed E-state index contributed by atoms with van der Waals surface area (Å²) < 4.78 is 4.73. The quantitative estimate of drug-likeness (QED) is 0.796. The SMILES string of the molecule is COC(=O)c1cc2c(s1)CN(CCN)CC2. The molecule has 0 atom stereocenters. The molecule has 0 saturated carbocycles. The van der Waals surface area contributed by atoms with Gasteiger partial charge < -0.3 is 10.5 Å². The van der Waals surface area contributed by atoms with Crippen molar-refractivity contribution in [3.63, 3.8) is 0 Å². The molecule has 16 heavy (non-hydrogen) atoms. The van der Waals surface area contributed by atoms with Crippen molar-refractivity contribution in [2.45, 2.75) is 13.0 Å². The first-order valence-corrected chi connectivity index (χ1v) is 6.18. The third kappa shape index (κ3) is 2.26.